The van der Waals surface area contributed by atoms with Gasteiger partial charge in [0.2, 0.25) is 5.91 Å². The largest absolute Gasteiger partial charge is 0.480 e. The van der Waals surface area contributed by atoms with Crippen LogP contribution in [-0.4, -0.2) is 33.0 Å². The highest BCUT2D eigenvalue weighted by molar-refractivity contribution is 5.82. The van der Waals surface area contributed by atoms with Gasteiger partial charge in [-0.2, -0.15) is 0 Å². The zero-order chi connectivity index (χ0) is 15.2. The van der Waals surface area contributed by atoms with Crippen LogP contribution in [0.15, 0.2) is 42.6 Å². The number of carboxylic acids is 1. The zero-order valence-corrected chi connectivity index (χ0v) is 11.5. The molecule has 0 aliphatic rings. The van der Waals surface area contributed by atoms with Crippen LogP contribution >= 0.6 is 0 Å². The Morgan fingerprint density at radius 1 is 1.19 bits per heavy atom. The van der Waals surface area contributed by atoms with Gasteiger partial charge in [-0.05, 0) is 24.3 Å². The monoisotopic (exact) mass is 285 g/mol. The number of hydrogen-bond donors (Lipinski definition) is 2. The topological polar surface area (TPSA) is 92.2 Å². The van der Waals surface area contributed by atoms with Gasteiger partial charge in [0, 0.05) is 25.2 Å². The van der Waals surface area contributed by atoms with Gasteiger partial charge in [0.05, 0.1) is 11.4 Å². The summed E-state index contributed by atoms with van der Waals surface area (Å²) in [5.41, 5.74) is 1.96. The molecule has 1 atom stereocenters. The Labute approximate surface area is 121 Å². The molecule has 2 N–H and O–H groups in total. The summed E-state index contributed by atoms with van der Waals surface area (Å²) in [7, 11) is 0. The molecule has 0 bridgehead atoms. The molecular formula is C15H15N3O3. The first-order chi connectivity index (χ1) is 10.1. The third-order valence-electron chi connectivity index (χ3n) is 2.82. The van der Waals surface area contributed by atoms with Gasteiger partial charge in [-0.1, -0.05) is 12.1 Å². The zero-order valence-electron chi connectivity index (χ0n) is 11.5. The van der Waals surface area contributed by atoms with Crippen LogP contribution in [0.2, 0.25) is 0 Å². The number of hydrogen-bond acceptors (Lipinski definition) is 4. The van der Waals surface area contributed by atoms with Gasteiger partial charge >= 0.3 is 5.97 Å². The molecule has 21 heavy (non-hydrogen) atoms. The van der Waals surface area contributed by atoms with E-state index in [1.165, 1.54) is 6.92 Å². The van der Waals surface area contributed by atoms with E-state index in [0.717, 1.165) is 0 Å². The second-order valence-corrected chi connectivity index (χ2v) is 4.52. The molecule has 0 fully saturated rings. The van der Waals surface area contributed by atoms with Crippen LogP contribution in [-0.2, 0) is 16.0 Å². The molecule has 1 amide bonds. The molecule has 0 spiro atoms. The maximum Gasteiger partial charge on any atom is 0.326 e. The number of rotatable bonds is 5. The lowest BCUT2D eigenvalue weighted by Gasteiger charge is -2.13. The smallest absolute Gasteiger partial charge is 0.326 e. The van der Waals surface area contributed by atoms with Crippen molar-refractivity contribution in [1.82, 2.24) is 15.3 Å². The summed E-state index contributed by atoms with van der Waals surface area (Å²) in [6.45, 7) is 1.29. The van der Waals surface area contributed by atoms with E-state index in [4.69, 9.17) is 5.11 Å². The Bertz CT molecular complexity index is 644. The van der Waals surface area contributed by atoms with Crippen LogP contribution < -0.4 is 5.32 Å². The van der Waals surface area contributed by atoms with Gasteiger partial charge in [-0.3, -0.25) is 14.8 Å². The molecule has 0 saturated carbocycles. The van der Waals surface area contributed by atoms with Crippen molar-refractivity contribution in [2.24, 2.45) is 0 Å². The quantitative estimate of drug-likeness (QED) is 0.863. The number of aromatic nitrogens is 2. The van der Waals surface area contributed by atoms with Crippen molar-refractivity contribution < 1.29 is 14.7 Å². The highest BCUT2D eigenvalue weighted by atomic mass is 16.4. The summed E-state index contributed by atoms with van der Waals surface area (Å²) >= 11 is 0. The third kappa shape index (κ3) is 4.10. The molecule has 6 nitrogen and oxygen atoms in total. The Morgan fingerprint density at radius 2 is 1.95 bits per heavy atom. The summed E-state index contributed by atoms with van der Waals surface area (Å²) in [4.78, 5) is 30.8. The second-order valence-electron chi connectivity index (χ2n) is 4.52. The third-order valence-corrected chi connectivity index (χ3v) is 2.82. The summed E-state index contributed by atoms with van der Waals surface area (Å²) in [6, 6.07) is 9.82. The number of nitrogens with one attached hydrogen (secondary N) is 1. The van der Waals surface area contributed by atoms with Crippen LogP contribution in [0.4, 0.5) is 0 Å². The first-order valence-electron chi connectivity index (χ1n) is 6.43. The van der Waals surface area contributed by atoms with Crippen molar-refractivity contribution in [1.29, 1.82) is 0 Å². The number of carboxylic acid groups (broad SMARTS) is 1. The van der Waals surface area contributed by atoms with Crippen molar-refractivity contribution in [2.75, 3.05) is 0 Å². The van der Waals surface area contributed by atoms with Gasteiger partial charge in [-0.15, -0.1) is 0 Å². The Morgan fingerprint density at radius 3 is 2.57 bits per heavy atom. The van der Waals surface area contributed by atoms with E-state index in [0.29, 0.717) is 17.1 Å². The molecule has 0 radical (unpaired) electrons. The van der Waals surface area contributed by atoms with E-state index < -0.39 is 12.0 Å². The fourth-order valence-electron chi connectivity index (χ4n) is 1.90. The van der Waals surface area contributed by atoms with E-state index in [1.807, 2.05) is 18.2 Å². The van der Waals surface area contributed by atoms with Crippen LogP contribution in [0.25, 0.3) is 11.4 Å². The number of nitrogens with zero attached hydrogens (tertiary/aromatic N) is 2. The molecule has 2 rings (SSSR count). The van der Waals surface area contributed by atoms with Gasteiger partial charge in [0.15, 0.2) is 0 Å². The Kier molecular flexibility index (Phi) is 4.61. The minimum absolute atomic E-state index is 0.121. The lowest BCUT2D eigenvalue weighted by Crippen LogP contribution is -2.41. The number of carbonyl (C=O) groups excluding carboxylic acids is 1. The molecular weight excluding hydrogens is 270 g/mol. The average Bonchev–Trinajstić information content (AvgIpc) is 2.47. The van der Waals surface area contributed by atoms with Gasteiger partial charge in [-0.25, -0.2) is 4.79 Å². The van der Waals surface area contributed by atoms with E-state index in [2.05, 4.69) is 15.3 Å². The molecule has 0 saturated heterocycles. The van der Waals surface area contributed by atoms with Crippen LogP contribution in [0, 0.1) is 0 Å². The highest BCUT2D eigenvalue weighted by Gasteiger charge is 2.19. The molecule has 0 aliphatic carbocycles. The molecule has 108 valence electrons. The van der Waals surface area contributed by atoms with Crippen LogP contribution in [0.3, 0.4) is 0 Å². The molecule has 2 aromatic heterocycles. The Balaban J connectivity index is 2.21. The average molecular weight is 285 g/mol. The van der Waals surface area contributed by atoms with Gasteiger partial charge < -0.3 is 10.4 Å². The molecule has 2 heterocycles. The lowest BCUT2D eigenvalue weighted by molar-refractivity contribution is -0.141. The summed E-state index contributed by atoms with van der Waals surface area (Å²) < 4.78 is 0. The van der Waals surface area contributed by atoms with E-state index in [-0.39, 0.29) is 12.3 Å². The molecule has 2 aromatic rings. The number of amides is 1. The predicted octanol–water partition coefficient (Wildman–Crippen LogP) is 1.28. The van der Waals surface area contributed by atoms with Crippen molar-refractivity contribution in [3.8, 4) is 11.4 Å². The standard InChI is InChI=1S/C15H15N3O3/c1-10(19)17-14(15(20)21)9-11-5-4-7-13(18-11)12-6-2-3-8-16-12/h2-8,14H,9H2,1H3,(H,17,19)(H,20,21). The van der Waals surface area contributed by atoms with E-state index in [1.54, 1.807) is 24.4 Å². The minimum atomic E-state index is -1.09. The summed E-state index contributed by atoms with van der Waals surface area (Å²) in [5, 5.41) is 11.5. The molecule has 6 heteroatoms. The van der Waals surface area contributed by atoms with Crippen molar-refractivity contribution in [3.05, 3.63) is 48.3 Å². The first kappa shape index (κ1) is 14.6. The van der Waals surface area contributed by atoms with E-state index >= 15 is 0 Å². The van der Waals surface area contributed by atoms with Crippen LogP contribution in [0.5, 0.6) is 0 Å². The first-order valence-corrected chi connectivity index (χ1v) is 6.43. The summed E-state index contributed by atoms with van der Waals surface area (Å²) in [6.07, 6.45) is 1.79. The fraction of sp³-hybridized carbons (Fsp3) is 0.200. The fourth-order valence-corrected chi connectivity index (χ4v) is 1.90. The minimum Gasteiger partial charge on any atom is -0.480 e. The van der Waals surface area contributed by atoms with E-state index in [9.17, 15) is 9.59 Å². The van der Waals surface area contributed by atoms with Crippen molar-refractivity contribution in [3.63, 3.8) is 0 Å². The predicted molar refractivity (Wildman–Crippen MR) is 76.4 cm³/mol. The second kappa shape index (κ2) is 6.60. The Hall–Kier alpha value is -2.76. The normalized spacial score (nSPS) is 11.7. The van der Waals surface area contributed by atoms with Gasteiger partial charge in [0.1, 0.15) is 6.04 Å². The maximum absolute atomic E-state index is 11.1. The molecule has 1 unspecified atom stereocenters. The summed E-state index contributed by atoms with van der Waals surface area (Å²) in [5.74, 6) is -1.47. The molecule has 0 aromatic carbocycles. The van der Waals surface area contributed by atoms with Crippen LogP contribution in [0.1, 0.15) is 12.6 Å². The van der Waals surface area contributed by atoms with Crippen molar-refractivity contribution in [2.45, 2.75) is 19.4 Å². The number of aliphatic carboxylic acids is 1. The number of pyridine rings is 2. The SMILES string of the molecule is CC(=O)NC(Cc1cccc(-c2ccccn2)n1)C(=O)O. The van der Waals surface area contributed by atoms with Crippen molar-refractivity contribution >= 4 is 11.9 Å². The van der Waals surface area contributed by atoms with Gasteiger partial charge in [0.25, 0.3) is 0 Å². The maximum atomic E-state index is 11.1. The lowest BCUT2D eigenvalue weighted by atomic mass is 10.1. The number of carbonyl (C=O) groups is 2. The highest BCUT2D eigenvalue weighted by Crippen LogP contribution is 2.14. The molecule has 0 aliphatic heterocycles.